The summed E-state index contributed by atoms with van der Waals surface area (Å²) in [6.07, 6.45) is 3.69. The summed E-state index contributed by atoms with van der Waals surface area (Å²) in [5.74, 6) is 0.860. The average molecular weight is 284 g/mol. The van der Waals surface area contributed by atoms with Crippen LogP contribution in [0.5, 0.6) is 23.0 Å². The largest absolute Gasteiger partial charge is 0.508 e. The molecule has 0 saturated heterocycles. The van der Waals surface area contributed by atoms with Crippen LogP contribution in [0.1, 0.15) is 25.0 Å². The molecule has 0 unspecified atom stereocenters. The van der Waals surface area contributed by atoms with Crippen molar-refractivity contribution in [1.82, 2.24) is 0 Å². The van der Waals surface area contributed by atoms with Crippen LogP contribution in [0.2, 0.25) is 0 Å². The van der Waals surface area contributed by atoms with Crippen LogP contribution in [0.25, 0.3) is 12.2 Å². The second kappa shape index (κ2) is 4.74. The van der Waals surface area contributed by atoms with Crippen LogP contribution in [0.3, 0.4) is 0 Å². The Labute approximate surface area is 122 Å². The molecule has 1 heterocycles. The van der Waals surface area contributed by atoms with E-state index in [1.54, 1.807) is 12.1 Å². The van der Waals surface area contributed by atoms with Gasteiger partial charge in [0.05, 0.1) is 0 Å². The molecule has 0 atom stereocenters. The van der Waals surface area contributed by atoms with Gasteiger partial charge in [-0.15, -0.1) is 0 Å². The Balaban J connectivity index is 1.85. The minimum atomic E-state index is -0.637. The third-order valence-corrected chi connectivity index (χ3v) is 3.07. The molecule has 4 nitrogen and oxygen atoms in total. The van der Waals surface area contributed by atoms with Crippen molar-refractivity contribution in [2.24, 2.45) is 0 Å². The van der Waals surface area contributed by atoms with Crippen LogP contribution in [-0.4, -0.2) is 16.0 Å². The topological polar surface area (TPSA) is 58.9 Å². The van der Waals surface area contributed by atoms with E-state index in [0.717, 1.165) is 11.3 Å². The lowest BCUT2D eigenvalue weighted by Gasteiger charge is -2.16. The standard InChI is InChI=1S/C17H16O4/c1-17(2)20-15-6-5-11(9-16(15)21-17)3-4-12-7-13(18)10-14(19)8-12/h3-10,18-19H,1-2H3/b4-3+. The minimum absolute atomic E-state index is 0.0297. The summed E-state index contributed by atoms with van der Waals surface area (Å²) in [4.78, 5) is 0. The van der Waals surface area contributed by atoms with Crippen LogP contribution in [0.15, 0.2) is 36.4 Å². The molecule has 108 valence electrons. The molecular weight excluding hydrogens is 268 g/mol. The normalized spacial score (nSPS) is 15.5. The zero-order chi connectivity index (χ0) is 15.0. The second-order valence-electron chi connectivity index (χ2n) is 5.43. The van der Waals surface area contributed by atoms with Crippen molar-refractivity contribution < 1.29 is 19.7 Å². The van der Waals surface area contributed by atoms with E-state index in [0.29, 0.717) is 11.3 Å². The number of hydrogen-bond donors (Lipinski definition) is 2. The Morgan fingerprint density at radius 2 is 1.43 bits per heavy atom. The molecule has 2 aromatic carbocycles. The average Bonchev–Trinajstić information content (AvgIpc) is 2.68. The van der Waals surface area contributed by atoms with Crippen LogP contribution in [0, 0.1) is 0 Å². The fourth-order valence-electron chi connectivity index (χ4n) is 2.25. The maximum atomic E-state index is 9.45. The summed E-state index contributed by atoms with van der Waals surface area (Å²) in [6, 6.07) is 10.1. The van der Waals surface area contributed by atoms with Crippen molar-refractivity contribution in [2.45, 2.75) is 19.6 Å². The van der Waals surface area contributed by atoms with Gasteiger partial charge in [0.25, 0.3) is 0 Å². The van der Waals surface area contributed by atoms with Gasteiger partial charge in [0.1, 0.15) is 11.5 Å². The molecular formula is C17H16O4. The maximum absolute atomic E-state index is 9.45. The lowest BCUT2D eigenvalue weighted by atomic mass is 10.1. The molecule has 0 bridgehead atoms. The molecule has 0 saturated carbocycles. The first-order valence-corrected chi connectivity index (χ1v) is 6.64. The highest BCUT2D eigenvalue weighted by atomic mass is 16.7. The number of phenols is 2. The first-order chi connectivity index (χ1) is 9.91. The molecule has 1 aliphatic rings. The quantitative estimate of drug-likeness (QED) is 0.824. The monoisotopic (exact) mass is 284 g/mol. The molecule has 2 N–H and O–H groups in total. The second-order valence-corrected chi connectivity index (χ2v) is 5.43. The van der Waals surface area contributed by atoms with E-state index in [-0.39, 0.29) is 11.5 Å². The predicted octanol–water partition coefficient (Wildman–Crippen LogP) is 3.78. The summed E-state index contributed by atoms with van der Waals surface area (Å²) in [5, 5.41) is 18.9. The Kier molecular flexibility index (Phi) is 3.01. The molecule has 3 rings (SSSR count). The Hall–Kier alpha value is -2.62. The number of phenolic OH excluding ortho intramolecular Hbond substituents is 2. The highest BCUT2D eigenvalue weighted by Gasteiger charge is 2.31. The first-order valence-electron chi connectivity index (χ1n) is 6.64. The Morgan fingerprint density at radius 1 is 0.810 bits per heavy atom. The zero-order valence-corrected chi connectivity index (χ0v) is 11.8. The smallest absolute Gasteiger partial charge is 0.246 e. The lowest BCUT2D eigenvalue weighted by Crippen LogP contribution is -2.29. The zero-order valence-electron chi connectivity index (χ0n) is 11.8. The van der Waals surface area contributed by atoms with Gasteiger partial charge in [0, 0.05) is 19.9 Å². The van der Waals surface area contributed by atoms with Gasteiger partial charge in [-0.2, -0.15) is 0 Å². The van der Waals surface area contributed by atoms with Crippen molar-refractivity contribution in [3.63, 3.8) is 0 Å². The summed E-state index contributed by atoms with van der Waals surface area (Å²) in [7, 11) is 0. The third kappa shape index (κ3) is 2.94. The van der Waals surface area contributed by atoms with Crippen LogP contribution >= 0.6 is 0 Å². The van der Waals surface area contributed by atoms with E-state index in [1.807, 2.05) is 44.2 Å². The van der Waals surface area contributed by atoms with Gasteiger partial charge >= 0.3 is 0 Å². The van der Waals surface area contributed by atoms with Crippen molar-refractivity contribution in [1.29, 1.82) is 0 Å². The van der Waals surface area contributed by atoms with E-state index in [9.17, 15) is 10.2 Å². The summed E-state index contributed by atoms with van der Waals surface area (Å²) in [6.45, 7) is 3.72. The number of hydrogen-bond acceptors (Lipinski definition) is 4. The highest BCUT2D eigenvalue weighted by molar-refractivity contribution is 5.72. The SMILES string of the molecule is CC1(C)Oc2ccc(/C=C/c3cc(O)cc(O)c3)cc2O1. The molecule has 0 aromatic heterocycles. The van der Waals surface area contributed by atoms with Crippen LogP contribution < -0.4 is 9.47 Å². The number of benzene rings is 2. The number of aromatic hydroxyl groups is 2. The van der Waals surface area contributed by atoms with Crippen molar-refractivity contribution in [3.8, 4) is 23.0 Å². The number of fused-ring (bicyclic) bond motifs is 1. The van der Waals surface area contributed by atoms with Gasteiger partial charge in [0.15, 0.2) is 11.5 Å². The summed E-state index contributed by atoms with van der Waals surface area (Å²) in [5.41, 5.74) is 1.66. The van der Waals surface area contributed by atoms with Crippen molar-refractivity contribution >= 4 is 12.2 Å². The molecule has 0 amide bonds. The van der Waals surface area contributed by atoms with Gasteiger partial charge in [0.2, 0.25) is 5.79 Å². The molecule has 21 heavy (non-hydrogen) atoms. The van der Waals surface area contributed by atoms with E-state index in [2.05, 4.69) is 0 Å². The van der Waals surface area contributed by atoms with E-state index in [4.69, 9.17) is 9.47 Å². The van der Waals surface area contributed by atoms with E-state index in [1.165, 1.54) is 6.07 Å². The Morgan fingerprint density at radius 3 is 2.14 bits per heavy atom. The van der Waals surface area contributed by atoms with E-state index < -0.39 is 5.79 Å². The molecule has 2 aromatic rings. The van der Waals surface area contributed by atoms with Gasteiger partial charge in [-0.25, -0.2) is 0 Å². The maximum Gasteiger partial charge on any atom is 0.246 e. The lowest BCUT2D eigenvalue weighted by molar-refractivity contribution is -0.0431. The van der Waals surface area contributed by atoms with Crippen LogP contribution in [-0.2, 0) is 0 Å². The summed E-state index contributed by atoms with van der Waals surface area (Å²) < 4.78 is 11.3. The molecule has 0 fully saturated rings. The fraction of sp³-hybridized carbons (Fsp3) is 0.176. The summed E-state index contributed by atoms with van der Waals surface area (Å²) >= 11 is 0. The fourth-order valence-corrected chi connectivity index (χ4v) is 2.25. The van der Waals surface area contributed by atoms with Gasteiger partial charge in [-0.3, -0.25) is 0 Å². The van der Waals surface area contributed by atoms with Crippen molar-refractivity contribution in [3.05, 3.63) is 47.5 Å². The molecule has 0 aliphatic carbocycles. The number of rotatable bonds is 2. The van der Waals surface area contributed by atoms with Crippen molar-refractivity contribution in [2.75, 3.05) is 0 Å². The van der Waals surface area contributed by atoms with Gasteiger partial charge in [-0.1, -0.05) is 18.2 Å². The highest BCUT2D eigenvalue weighted by Crippen LogP contribution is 2.39. The number of ether oxygens (including phenoxy) is 2. The molecule has 0 spiro atoms. The van der Waals surface area contributed by atoms with E-state index >= 15 is 0 Å². The molecule has 0 radical (unpaired) electrons. The predicted molar refractivity (Wildman–Crippen MR) is 80.5 cm³/mol. The van der Waals surface area contributed by atoms with Gasteiger partial charge < -0.3 is 19.7 Å². The Bertz CT molecular complexity index is 696. The third-order valence-electron chi connectivity index (χ3n) is 3.07. The van der Waals surface area contributed by atoms with Crippen LogP contribution in [0.4, 0.5) is 0 Å². The first kappa shape index (κ1) is 13.4. The minimum Gasteiger partial charge on any atom is -0.508 e. The molecule has 1 aliphatic heterocycles. The molecule has 4 heteroatoms. The van der Waals surface area contributed by atoms with Gasteiger partial charge in [-0.05, 0) is 35.4 Å².